The fraction of sp³-hybridized carbons (Fsp3) is 0.240. The summed E-state index contributed by atoms with van der Waals surface area (Å²) in [6.45, 7) is 6.49. The molecule has 0 spiro atoms. The number of rotatable bonds is 6. The van der Waals surface area contributed by atoms with E-state index in [1.165, 1.54) is 0 Å². The second kappa shape index (κ2) is 9.15. The van der Waals surface area contributed by atoms with E-state index < -0.39 is 10.0 Å². The lowest BCUT2D eigenvalue weighted by Crippen LogP contribution is -2.28. The third-order valence-corrected chi connectivity index (χ3v) is 6.95. The van der Waals surface area contributed by atoms with E-state index in [-0.39, 0.29) is 16.8 Å². The van der Waals surface area contributed by atoms with Crippen molar-refractivity contribution >= 4 is 21.6 Å². The third kappa shape index (κ3) is 4.96. The van der Waals surface area contributed by atoms with Gasteiger partial charge in [0.15, 0.2) is 11.5 Å². The van der Waals surface area contributed by atoms with E-state index in [0.29, 0.717) is 41.5 Å². The van der Waals surface area contributed by atoms with E-state index in [4.69, 9.17) is 9.47 Å². The van der Waals surface area contributed by atoms with E-state index in [1.54, 1.807) is 49.4 Å². The summed E-state index contributed by atoms with van der Waals surface area (Å²) in [6.07, 6.45) is 0. The number of sulfonamides is 1. The van der Waals surface area contributed by atoms with Gasteiger partial charge in [0.05, 0.1) is 16.6 Å². The Hall–Kier alpha value is -3.52. The summed E-state index contributed by atoms with van der Waals surface area (Å²) in [5.74, 6) is 1.04. The second-order valence-electron chi connectivity index (χ2n) is 7.99. The van der Waals surface area contributed by atoms with Crippen molar-refractivity contribution in [2.75, 3.05) is 17.9 Å². The highest BCUT2D eigenvalue weighted by molar-refractivity contribution is 7.92. The van der Waals surface area contributed by atoms with Gasteiger partial charge < -0.3 is 14.8 Å². The first kappa shape index (κ1) is 22.7. The van der Waals surface area contributed by atoms with E-state index in [1.807, 2.05) is 32.0 Å². The zero-order valence-electron chi connectivity index (χ0n) is 18.7. The molecule has 0 saturated carbocycles. The molecule has 1 heterocycles. The maximum Gasteiger partial charge on any atom is 0.261 e. The van der Waals surface area contributed by atoms with Crippen LogP contribution in [-0.4, -0.2) is 27.5 Å². The average Bonchev–Trinajstić information content (AvgIpc) is 2.80. The molecule has 3 aromatic rings. The topological polar surface area (TPSA) is 93.7 Å². The van der Waals surface area contributed by atoms with Gasteiger partial charge in [-0.1, -0.05) is 29.8 Å². The molecule has 0 aliphatic carbocycles. The molecule has 1 aliphatic heterocycles. The fourth-order valence-electron chi connectivity index (χ4n) is 3.60. The van der Waals surface area contributed by atoms with Crippen molar-refractivity contribution in [3.8, 4) is 11.5 Å². The van der Waals surface area contributed by atoms with Crippen molar-refractivity contribution in [3.05, 3.63) is 82.9 Å². The maximum atomic E-state index is 13.0. The van der Waals surface area contributed by atoms with Gasteiger partial charge in [-0.2, -0.15) is 0 Å². The Kier molecular flexibility index (Phi) is 6.29. The van der Waals surface area contributed by atoms with Crippen molar-refractivity contribution in [1.82, 2.24) is 5.32 Å². The molecule has 0 unspecified atom stereocenters. The van der Waals surface area contributed by atoms with Crippen LogP contribution in [0.4, 0.5) is 5.69 Å². The number of amides is 1. The van der Waals surface area contributed by atoms with Crippen LogP contribution in [0.15, 0.2) is 65.6 Å². The molecule has 8 heteroatoms. The zero-order valence-corrected chi connectivity index (χ0v) is 19.5. The Morgan fingerprint density at radius 1 is 0.939 bits per heavy atom. The second-order valence-corrected chi connectivity index (χ2v) is 9.68. The van der Waals surface area contributed by atoms with Gasteiger partial charge in [0.2, 0.25) is 0 Å². The number of carbonyl (C=O) groups is 1. The smallest absolute Gasteiger partial charge is 0.261 e. The Labute approximate surface area is 193 Å². The number of carbonyl (C=O) groups excluding carboxylic acids is 1. The highest BCUT2D eigenvalue weighted by Crippen LogP contribution is 2.33. The van der Waals surface area contributed by atoms with E-state index in [9.17, 15) is 13.2 Å². The predicted molar refractivity (Wildman–Crippen MR) is 126 cm³/mol. The van der Waals surface area contributed by atoms with Crippen molar-refractivity contribution in [2.24, 2.45) is 0 Å². The number of benzene rings is 3. The molecule has 0 radical (unpaired) electrons. The van der Waals surface area contributed by atoms with Gasteiger partial charge in [0.1, 0.15) is 13.2 Å². The normalized spacial score (nSPS) is 13.8. The molecule has 2 N–H and O–H groups in total. The molecule has 4 rings (SSSR count). The molecule has 1 atom stereocenters. The Balaban J connectivity index is 1.52. The van der Waals surface area contributed by atoms with E-state index in [2.05, 4.69) is 10.0 Å². The molecular weight excluding hydrogens is 440 g/mol. The predicted octanol–water partition coefficient (Wildman–Crippen LogP) is 4.37. The molecule has 33 heavy (non-hydrogen) atoms. The Morgan fingerprint density at radius 3 is 2.36 bits per heavy atom. The number of fused-ring (bicyclic) bond motifs is 1. The standard InChI is InChI=1S/C25H26N2O5S/c1-16-7-10-20(11-8-16)33(29,30)27-22-6-4-5-21(17(22)2)25(28)26-18(3)19-9-12-23-24(15-19)32-14-13-31-23/h4-12,15,18,27H,13-14H2,1-3H3,(H,26,28)/t18-/m0/s1. The van der Waals surface area contributed by atoms with Gasteiger partial charge in [-0.25, -0.2) is 8.42 Å². The molecule has 3 aromatic carbocycles. The first-order valence-corrected chi connectivity index (χ1v) is 12.1. The Bertz CT molecular complexity index is 1290. The maximum absolute atomic E-state index is 13.0. The fourth-order valence-corrected chi connectivity index (χ4v) is 4.72. The van der Waals surface area contributed by atoms with Crippen molar-refractivity contribution in [3.63, 3.8) is 0 Å². The average molecular weight is 467 g/mol. The first-order valence-electron chi connectivity index (χ1n) is 10.6. The molecule has 172 valence electrons. The third-order valence-electron chi connectivity index (χ3n) is 5.57. The first-order chi connectivity index (χ1) is 15.7. The number of ether oxygens (including phenoxy) is 2. The minimum atomic E-state index is -3.78. The highest BCUT2D eigenvalue weighted by Gasteiger charge is 2.20. The molecule has 7 nitrogen and oxygen atoms in total. The van der Waals surface area contributed by atoms with E-state index >= 15 is 0 Å². The highest BCUT2D eigenvalue weighted by atomic mass is 32.2. The SMILES string of the molecule is Cc1ccc(S(=O)(=O)Nc2cccc(C(=O)N[C@@H](C)c3ccc4c(c3)OCCO4)c2C)cc1. The van der Waals surface area contributed by atoms with Crippen LogP contribution in [0.25, 0.3) is 0 Å². The van der Waals surface area contributed by atoms with Crippen LogP contribution in [-0.2, 0) is 10.0 Å². The summed E-state index contributed by atoms with van der Waals surface area (Å²) in [5, 5.41) is 2.98. The van der Waals surface area contributed by atoms with E-state index in [0.717, 1.165) is 11.1 Å². The monoisotopic (exact) mass is 466 g/mol. The molecule has 0 bridgehead atoms. The van der Waals surface area contributed by atoms with Crippen molar-refractivity contribution in [1.29, 1.82) is 0 Å². The molecule has 1 aliphatic rings. The van der Waals surface area contributed by atoms with Crippen LogP contribution >= 0.6 is 0 Å². The summed E-state index contributed by atoms with van der Waals surface area (Å²) in [5.41, 5.74) is 3.14. The molecule has 0 aromatic heterocycles. The van der Waals surface area contributed by atoms with Gasteiger partial charge >= 0.3 is 0 Å². The van der Waals surface area contributed by atoms with Crippen LogP contribution in [0.3, 0.4) is 0 Å². The number of hydrogen-bond donors (Lipinski definition) is 2. The summed E-state index contributed by atoms with van der Waals surface area (Å²) < 4.78 is 39.4. The summed E-state index contributed by atoms with van der Waals surface area (Å²) >= 11 is 0. The minimum absolute atomic E-state index is 0.162. The summed E-state index contributed by atoms with van der Waals surface area (Å²) in [4.78, 5) is 13.2. The van der Waals surface area contributed by atoms with Crippen LogP contribution in [0.5, 0.6) is 11.5 Å². The molecular formula is C25H26N2O5S. The summed E-state index contributed by atoms with van der Waals surface area (Å²) in [7, 11) is -3.78. The largest absolute Gasteiger partial charge is 0.486 e. The lowest BCUT2D eigenvalue weighted by molar-refractivity contribution is 0.0939. The lowest BCUT2D eigenvalue weighted by Gasteiger charge is -2.21. The number of hydrogen-bond acceptors (Lipinski definition) is 5. The van der Waals surface area contributed by atoms with Gasteiger partial charge in [-0.15, -0.1) is 0 Å². The van der Waals surface area contributed by atoms with Crippen LogP contribution in [0.1, 0.15) is 40.0 Å². The molecule has 1 amide bonds. The number of anilines is 1. The van der Waals surface area contributed by atoms with Crippen LogP contribution in [0.2, 0.25) is 0 Å². The van der Waals surface area contributed by atoms with Crippen LogP contribution < -0.4 is 19.5 Å². The minimum Gasteiger partial charge on any atom is -0.486 e. The lowest BCUT2D eigenvalue weighted by atomic mass is 10.0. The van der Waals surface area contributed by atoms with Gasteiger partial charge in [0, 0.05) is 5.56 Å². The molecule has 0 saturated heterocycles. The summed E-state index contributed by atoms with van der Waals surface area (Å²) in [6, 6.07) is 16.8. The van der Waals surface area contributed by atoms with Crippen molar-refractivity contribution < 1.29 is 22.7 Å². The quantitative estimate of drug-likeness (QED) is 0.563. The van der Waals surface area contributed by atoms with Gasteiger partial charge in [-0.05, 0) is 68.3 Å². The zero-order chi connectivity index (χ0) is 23.6. The molecule has 0 fully saturated rings. The van der Waals surface area contributed by atoms with Crippen molar-refractivity contribution in [2.45, 2.75) is 31.7 Å². The van der Waals surface area contributed by atoms with Gasteiger partial charge in [0.25, 0.3) is 15.9 Å². The number of aryl methyl sites for hydroxylation is 1. The van der Waals surface area contributed by atoms with Crippen LogP contribution in [0, 0.1) is 13.8 Å². The Morgan fingerprint density at radius 2 is 1.64 bits per heavy atom. The van der Waals surface area contributed by atoms with Gasteiger partial charge in [-0.3, -0.25) is 9.52 Å². The number of nitrogens with one attached hydrogen (secondary N) is 2.